The van der Waals surface area contributed by atoms with E-state index in [0.717, 1.165) is 25.7 Å². The van der Waals surface area contributed by atoms with Crippen LogP contribution in [-0.2, 0) is 18.3 Å². The fourth-order valence-electron chi connectivity index (χ4n) is 10.3. The quantitative estimate of drug-likeness (QED) is 0.178. The maximum atomic E-state index is 2.66. The summed E-state index contributed by atoms with van der Waals surface area (Å²) in [6.07, 6.45) is 23.4. The number of anilines is 2. The Bertz CT molecular complexity index is 2930. The number of para-hydroxylation sites is 1. The fourth-order valence-corrected chi connectivity index (χ4v) is 11.7. The first-order valence-electron chi connectivity index (χ1n) is 19.2. The van der Waals surface area contributed by atoms with Gasteiger partial charge >= 0.3 is 0 Å². The normalized spacial score (nSPS) is 21.5. The summed E-state index contributed by atoms with van der Waals surface area (Å²) in [6, 6.07) is 39.3. The summed E-state index contributed by atoms with van der Waals surface area (Å²) in [4.78, 5) is 2.66. The number of fused-ring (bicyclic) bond motifs is 13. The van der Waals surface area contributed by atoms with Crippen LogP contribution in [0.4, 0.5) is 11.4 Å². The van der Waals surface area contributed by atoms with Crippen LogP contribution in [0.25, 0.3) is 56.0 Å². The summed E-state index contributed by atoms with van der Waals surface area (Å²) in [5.41, 5.74) is 16.6. The second kappa shape index (κ2) is 10.9. The fraction of sp³-hybridized carbons (Fsp3) is 0.160. The van der Waals surface area contributed by atoms with Crippen molar-refractivity contribution in [3.05, 3.63) is 177 Å². The number of allylic oxidation sites excluding steroid dienone is 3. The molecule has 12 rings (SSSR count). The molecule has 0 saturated carbocycles. The molecule has 1 aliphatic heterocycles. The topological polar surface area (TPSA) is 8.17 Å². The van der Waals surface area contributed by atoms with Gasteiger partial charge in [-0.25, -0.2) is 0 Å². The molecule has 5 aliphatic rings. The van der Waals surface area contributed by atoms with Crippen LogP contribution in [0.2, 0.25) is 0 Å². The van der Waals surface area contributed by atoms with Crippen molar-refractivity contribution in [2.45, 2.75) is 50.0 Å². The Labute approximate surface area is 313 Å². The highest BCUT2D eigenvalue weighted by molar-refractivity contribution is 7.17. The van der Waals surface area contributed by atoms with Gasteiger partial charge in [0.2, 0.25) is 0 Å². The number of rotatable bonds is 3. The largest absolute Gasteiger partial charge is 0.332 e. The molecule has 0 saturated heterocycles. The zero-order chi connectivity index (χ0) is 34.8. The SMILES string of the molecule is CC1(c2ccc3c(c2)-c2ccccc2C3)C=c2sc3c(N4c5ccc6c7c(n(-c8ccccc8)c6c5C5C=CC=CC54)C=CCC7)cccc3c2=CC1. The van der Waals surface area contributed by atoms with Gasteiger partial charge < -0.3 is 9.47 Å². The molecule has 0 amide bonds. The number of nitrogens with zero attached hydrogens (tertiary/aromatic N) is 2. The van der Waals surface area contributed by atoms with Gasteiger partial charge in [0.25, 0.3) is 0 Å². The molecule has 0 fully saturated rings. The minimum Gasteiger partial charge on any atom is -0.332 e. The second-order valence-corrected chi connectivity index (χ2v) is 16.8. The maximum Gasteiger partial charge on any atom is 0.0630 e. The molecule has 4 aliphatic carbocycles. The number of aryl methyl sites for hydroxylation is 1. The van der Waals surface area contributed by atoms with Gasteiger partial charge in [-0.1, -0.05) is 122 Å². The highest BCUT2D eigenvalue weighted by Crippen LogP contribution is 2.53. The van der Waals surface area contributed by atoms with E-state index in [2.05, 4.69) is 168 Å². The highest BCUT2D eigenvalue weighted by Gasteiger charge is 2.41. The first kappa shape index (κ1) is 29.9. The van der Waals surface area contributed by atoms with Crippen LogP contribution in [0.1, 0.15) is 59.2 Å². The van der Waals surface area contributed by atoms with E-state index in [4.69, 9.17) is 0 Å². The number of thiophene rings is 1. The smallest absolute Gasteiger partial charge is 0.0630 e. The Kier molecular flexibility index (Phi) is 6.17. The van der Waals surface area contributed by atoms with Crippen molar-refractivity contribution in [1.29, 1.82) is 0 Å². The molecular formula is C50H38N2S. The first-order valence-corrected chi connectivity index (χ1v) is 20.0. The minimum absolute atomic E-state index is 0.0646. The number of benzene rings is 5. The average molecular weight is 699 g/mol. The zero-order valence-corrected chi connectivity index (χ0v) is 30.5. The number of aromatic nitrogens is 1. The molecule has 3 unspecified atom stereocenters. The van der Waals surface area contributed by atoms with Gasteiger partial charge in [0, 0.05) is 49.3 Å². The van der Waals surface area contributed by atoms with E-state index in [1.54, 1.807) is 0 Å². The van der Waals surface area contributed by atoms with Crippen LogP contribution < -0.4 is 14.7 Å². The van der Waals surface area contributed by atoms with Crippen LogP contribution in [-0.4, -0.2) is 10.6 Å². The molecule has 0 N–H and O–H groups in total. The monoisotopic (exact) mass is 698 g/mol. The van der Waals surface area contributed by atoms with Gasteiger partial charge in [-0.15, -0.1) is 11.3 Å². The van der Waals surface area contributed by atoms with Crippen molar-refractivity contribution in [2.24, 2.45) is 0 Å². The lowest BCUT2D eigenvalue weighted by molar-refractivity contribution is 0.655. The Morgan fingerprint density at radius 1 is 0.774 bits per heavy atom. The predicted molar refractivity (Wildman–Crippen MR) is 224 cm³/mol. The van der Waals surface area contributed by atoms with Crippen LogP contribution >= 0.6 is 11.3 Å². The molecule has 0 spiro atoms. The molecule has 53 heavy (non-hydrogen) atoms. The summed E-state index contributed by atoms with van der Waals surface area (Å²) >= 11 is 1.98. The number of hydrogen-bond donors (Lipinski definition) is 0. The molecular weight excluding hydrogens is 661 g/mol. The third-order valence-electron chi connectivity index (χ3n) is 12.8. The van der Waals surface area contributed by atoms with Crippen LogP contribution in [0, 0.1) is 0 Å². The molecule has 2 nitrogen and oxygen atoms in total. The Morgan fingerprint density at radius 2 is 1.64 bits per heavy atom. The van der Waals surface area contributed by atoms with E-state index in [1.807, 2.05) is 11.3 Å². The van der Waals surface area contributed by atoms with Gasteiger partial charge in [-0.3, -0.25) is 0 Å². The lowest BCUT2D eigenvalue weighted by atomic mass is 9.76. The van der Waals surface area contributed by atoms with Gasteiger partial charge in [-0.2, -0.15) is 0 Å². The highest BCUT2D eigenvalue weighted by atomic mass is 32.1. The molecule has 5 aromatic carbocycles. The van der Waals surface area contributed by atoms with E-state index in [-0.39, 0.29) is 17.4 Å². The van der Waals surface area contributed by atoms with Crippen LogP contribution in [0.5, 0.6) is 0 Å². The Hall–Kier alpha value is -5.64. The maximum absolute atomic E-state index is 2.66. The van der Waals surface area contributed by atoms with Crippen LogP contribution in [0.15, 0.2) is 134 Å². The lowest BCUT2D eigenvalue weighted by Crippen LogP contribution is -2.32. The van der Waals surface area contributed by atoms with Crippen molar-refractivity contribution in [1.82, 2.24) is 4.57 Å². The van der Waals surface area contributed by atoms with Gasteiger partial charge in [0.05, 0.1) is 21.9 Å². The Balaban J connectivity index is 1.04. The first-order chi connectivity index (χ1) is 26.1. The van der Waals surface area contributed by atoms with E-state index in [9.17, 15) is 0 Å². The summed E-state index contributed by atoms with van der Waals surface area (Å²) in [5, 5.41) is 4.18. The molecule has 2 aromatic heterocycles. The average Bonchev–Trinajstić information content (AvgIpc) is 3.95. The van der Waals surface area contributed by atoms with Gasteiger partial charge in [0.15, 0.2) is 0 Å². The van der Waals surface area contributed by atoms with Crippen molar-refractivity contribution in [3.8, 4) is 16.8 Å². The lowest BCUT2D eigenvalue weighted by Gasteiger charge is -2.29. The van der Waals surface area contributed by atoms with E-state index in [0.29, 0.717) is 0 Å². The molecule has 3 heterocycles. The summed E-state index contributed by atoms with van der Waals surface area (Å²) in [6.45, 7) is 2.43. The summed E-state index contributed by atoms with van der Waals surface area (Å²) in [7, 11) is 0. The van der Waals surface area contributed by atoms with Gasteiger partial charge in [-0.05, 0) is 101 Å². The molecule has 3 atom stereocenters. The van der Waals surface area contributed by atoms with Crippen molar-refractivity contribution < 1.29 is 0 Å². The molecule has 0 radical (unpaired) electrons. The Morgan fingerprint density at radius 3 is 2.58 bits per heavy atom. The van der Waals surface area contributed by atoms with E-state index < -0.39 is 0 Å². The van der Waals surface area contributed by atoms with E-state index >= 15 is 0 Å². The van der Waals surface area contributed by atoms with Crippen molar-refractivity contribution >= 4 is 61.9 Å². The second-order valence-electron chi connectivity index (χ2n) is 15.7. The molecule has 254 valence electrons. The standard InChI is InChI=1S/C50H38N2S/c1-50(33-23-22-32-28-31-12-5-6-15-35(31)41(32)29-33)27-26-37-39-18-11-21-45(49(39)53-46(37)30-50)52-43-20-10-8-17-40(43)47-44(52)25-24-38-36-16-7-9-19-42(36)51(48(38)47)34-13-3-2-4-14-34/h2-6,8-15,17-26,29-30,40,43H,7,16,27-28H2,1H3. The summed E-state index contributed by atoms with van der Waals surface area (Å²) in [5.74, 6) is 0.262. The zero-order valence-electron chi connectivity index (χ0n) is 29.7. The molecule has 3 heteroatoms. The molecule has 7 aromatic rings. The van der Waals surface area contributed by atoms with E-state index in [1.165, 1.54) is 92.4 Å². The predicted octanol–water partition coefficient (Wildman–Crippen LogP) is 11.0. The van der Waals surface area contributed by atoms with Crippen LogP contribution in [0.3, 0.4) is 0 Å². The minimum atomic E-state index is -0.0646. The van der Waals surface area contributed by atoms with Crippen molar-refractivity contribution in [2.75, 3.05) is 4.90 Å². The summed E-state index contributed by atoms with van der Waals surface area (Å²) < 4.78 is 5.33. The third kappa shape index (κ3) is 4.14. The third-order valence-corrected chi connectivity index (χ3v) is 14.0. The van der Waals surface area contributed by atoms with Gasteiger partial charge in [0.1, 0.15) is 0 Å². The van der Waals surface area contributed by atoms with Crippen molar-refractivity contribution in [3.63, 3.8) is 0 Å². The number of hydrogen-bond acceptors (Lipinski definition) is 2. The molecule has 0 bridgehead atoms.